The maximum absolute atomic E-state index is 12.4. The fourth-order valence-electron chi connectivity index (χ4n) is 2.60. The number of alkyl halides is 1. The topological polar surface area (TPSA) is 20.2 Å². The summed E-state index contributed by atoms with van der Waals surface area (Å²) >= 11 is 4.47. The van der Waals surface area contributed by atoms with Gasteiger partial charge in [0.05, 0.1) is 0 Å². The van der Waals surface area contributed by atoms with Crippen LogP contribution in [-0.4, -0.2) is 21.2 Å². The highest BCUT2D eigenvalue weighted by molar-refractivity contribution is 7.98. The van der Waals surface area contributed by atoms with Crippen LogP contribution in [0.5, 0.6) is 0 Å². The van der Waals surface area contributed by atoms with Crippen molar-refractivity contribution in [1.29, 1.82) is 0 Å². The molecule has 0 spiro atoms. The van der Waals surface area contributed by atoms with Gasteiger partial charge in [0.2, 0.25) is 0 Å². The van der Waals surface area contributed by atoms with Crippen molar-refractivity contribution in [3.8, 4) is 0 Å². The Labute approximate surface area is 193 Å². The number of halogens is 1. The van der Waals surface area contributed by atoms with E-state index in [4.69, 9.17) is 0 Å². The molecule has 1 aromatic rings. The maximum atomic E-state index is 12.4. The van der Waals surface area contributed by atoms with E-state index in [-0.39, 0.29) is 0 Å². The summed E-state index contributed by atoms with van der Waals surface area (Å²) in [5, 5.41) is 10.0. The Morgan fingerprint density at radius 2 is 1.53 bits per heavy atom. The van der Waals surface area contributed by atoms with E-state index in [1.807, 2.05) is 57.2 Å². The van der Waals surface area contributed by atoms with Gasteiger partial charge in [0.1, 0.15) is 11.2 Å². The minimum atomic E-state index is -0.480. The molecule has 0 unspecified atom stereocenters. The Morgan fingerprint density at radius 3 is 1.97 bits per heavy atom. The lowest BCUT2D eigenvalue weighted by Gasteiger charge is -2.19. The van der Waals surface area contributed by atoms with Gasteiger partial charge in [-0.05, 0) is 86.4 Å². The van der Waals surface area contributed by atoms with E-state index >= 15 is 0 Å². The molecule has 0 heterocycles. The maximum Gasteiger partial charge on any atom is 0.126 e. The molecule has 0 aromatic heterocycles. The predicted molar refractivity (Wildman–Crippen MR) is 142 cm³/mol. The van der Waals surface area contributed by atoms with Crippen LogP contribution in [0.25, 0.3) is 4.91 Å². The molecule has 4 heteroatoms. The molecular weight excluding hydrogens is 411 g/mol. The quantitative estimate of drug-likeness (QED) is 0.203. The molecule has 1 saturated carbocycles. The summed E-state index contributed by atoms with van der Waals surface area (Å²) < 4.78 is 12.4. The molecular formula is C26H41FOS2. The van der Waals surface area contributed by atoms with Gasteiger partial charge in [-0.1, -0.05) is 58.0 Å². The van der Waals surface area contributed by atoms with Crippen LogP contribution in [0.15, 0.2) is 48.1 Å². The van der Waals surface area contributed by atoms with Crippen molar-refractivity contribution < 1.29 is 9.50 Å². The van der Waals surface area contributed by atoms with Crippen molar-refractivity contribution in [2.45, 2.75) is 80.3 Å². The van der Waals surface area contributed by atoms with E-state index in [0.717, 1.165) is 58.4 Å². The zero-order valence-electron chi connectivity index (χ0n) is 19.8. The summed E-state index contributed by atoms with van der Waals surface area (Å²) in [5.41, 5.74) is 2.04. The fraction of sp³-hybridized carbons (Fsp3) is 0.538. The Kier molecular flexibility index (Phi) is 16.0. The molecule has 0 aliphatic heterocycles. The molecule has 0 saturated heterocycles. The van der Waals surface area contributed by atoms with Crippen LogP contribution in [0.3, 0.4) is 0 Å². The zero-order valence-corrected chi connectivity index (χ0v) is 21.5. The Morgan fingerprint density at radius 1 is 1.03 bits per heavy atom. The number of hydrogen-bond donors (Lipinski definition) is 2. The third-order valence-electron chi connectivity index (χ3n) is 4.04. The second kappa shape index (κ2) is 16.6. The molecule has 1 aliphatic rings. The molecule has 1 nitrogen and oxygen atoms in total. The van der Waals surface area contributed by atoms with Crippen molar-refractivity contribution in [3.63, 3.8) is 0 Å². The number of rotatable bonds is 3. The third-order valence-corrected chi connectivity index (χ3v) is 5.16. The first kappa shape index (κ1) is 28.9. The van der Waals surface area contributed by atoms with E-state index in [9.17, 15) is 9.50 Å². The van der Waals surface area contributed by atoms with Gasteiger partial charge < -0.3 is 5.11 Å². The van der Waals surface area contributed by atoms with Crippen molar-refractivity contribution in [1.82, 2.24) is 0 Å². The van der Waals surface area contributed by atoms with Crippen LogP contribution in [0.4, 0.5) is 4.39 Å². The van der Waals surface area contributed by atoms with Gasteiger partial charge >= 0.3 is 0 Å². The number of allylic oxidation sites excluding steroid dienone is 2. The monoisotopic (exact) mass is 452 g/mol. The summed E-state index contributed by atoms with van der Waals surface area (Å²) in [6, 6.07) is 9.95. The zero-order chi connectivity index (χ0) is 23.1. The second-order valence-corrected chi connectivity index (χ2v) is 10.6. The van der Waals surface area contributed by atoms with Gasteiger partial charge in [0.15, 0.2) is 0 Å². The van der Waals surface area contributed by atoms with Crippen LogP contribution in [0.2, 0.25) is 0 Å². The highest BCUT2D eigenvalue weighted by atomic mass is 32.1. The molecule has 0 amide bonds. The summed E-state index contributed by atoms with van der Waals surface area (Å²) in [5.74, 6) is 1.61. The van der Waals surface area contributed by atoms with Crippen molar-refractivity contribution in [3.05, 3.63) is 53.6 Å². The van der Waals surface area contributed by atoms with Gasteiger partial charge in [0.25, 0.3) is 0 Å². The number of thiol groups is 1. The van der Waals surface area contributed by atoms with Crippen molar-refractivity contribution >= 4 is 38.4 Å². The first-order valence-electron chi connectivity index (χ1n) is 10.8. The molecule has 0 atom stereocenters. The van der Waals surface area contributed by atoms with Crippen LogP contribution >= 0.6 is 23.6 Å². The Balaban J connectivity index is 0.000000574. The predicted octanol–water partition coefficient (Wildman–Crippen LogP) is 8.73. The largest absolute Gasteiger partial charge is 0.352 e. The van der Waals surface area contributed by atoms with Crippen molar-refractivity contribution in [2.75, 3.05) is 0 Å². The molecule has 0 bridgehead atoms. The lowest BCUT2D eigenvalue weighted by atomic mass is 9.90. The van der Waals surface area contributed by atoms with Crippen LogP contribution in [0.1, 0.15) is 79.7 Å². The molecule has 30 heavy (non-hydrogen) atoms. The molecule has 2 rings (SSSR count). The van der Waals surface area contributed by atoms with E-state index in [2.05, 4.69) is 40.3 Å². The standard InChI is InChI=1S/C15H18OS2.C7H13F.C4H10/c1-11(2)18-15(16)10-12(3)9-14(17)13-7-5-4-6-8-13;1-6-2-4-7(8)5-3-6;1-4(2)3/h4-10,16-17H,1-3H3;6-7H,2-5H2,1H3;4H,1-3H3/b12-10+,14-9-;;. The SMILES string of the molecule is CC(C)=S=C(O)/C=C(C)/C=C(\S)c1ccccc1.CC(C)C.CC1CCC(F)CC1. The summed E-state index contributed by atoms with van der Waals surface area (Å²) in [6.07, 6.45) is 7.02. The van der Waals surface area contributed by atoms with Crippen LogP contribution in [-0.2, 0) is 0 Å². The first-order chi connectivity index (χ1) is 14.0. The number of benzene rings is 1. The second-order valence-electron chi connectivity index (χ2n) is 8.72. The molecule has 1 fully saturated rings. The highest BCUT2D eigenvalue weighted by Crippen LogP contribution is 2.25. The van der Waals surface area contributed by atoms with E-state index in [0.29, 0.717) is 5.05 Å². The number of aliphatic hydroxyl groups is 1. The molecule has 1 N–H and O–H groups in total. The number of hydrogen-bond acceptors (Lipinski definition) is 1. The van der Waals surface area contributed by atoms with Gasteiger partial charge in [-0.2, -0.15) is 0 Å². The van der Waals surface area contributed by atoms with Gasteiger partial charge in [-0.25, -0.2) is 4.39 Å². The average Bonchev–Trinajstić information content (AvgIpc) is 2.64. The van der Waals surface area contributed by atoms with Gasteiger partial charge in [-0.15, -0.1) is 23.6 Å². The lowest BCUT2D eigenvalue weighted by molar-refractivity contribution is 0.215. The van der Waals surface area contributed by atoms with E-state index < -0.39 is 6.17 Å². The Bertz CT molecular complexity index is 704. The van der Waals surface area contributed by atoms with Crippen LogP contribution < -0.4 is 0 Å². The average molecular weight is 453 g/mol. The fourth-order valence-corrected chi connectivity index (χ4v) is 3.62. The van der Waals surface area contributed by atoms with Crippen LogP contribution in [0, 0.1) is 11.8 Å². The smallest absolute Gasteiger partial charge is 0.126 e. The van der Waals surface area contributed by atoms with Gasteiger partial charge in [0, 0.05) is 4.91 Å². The highest BCUT2D eigenvalue weighted by Gasteiger charge is 2.16. The number of aliphatic hydroxyl groups excluding tert-OH is 1. The lowest BCUT2D eigenvalue weighted by Crippen LogP contribution is -2.11. The molecule has 1 aliphatic carbocycles. The first-order valence-corrected chi connectivity index (χ1v) is 12.1. The van der Waals surface area contributed by atoms with Crippen molar-refractivity contribution in [2.24, 2.45) is 11.8 Å². The molecule has 170 valence electrons. The van der Waals surface area contributed by atoms with E-state index in [1.54, 1.807) is 6.08 Å². The third kappa shape index (κ3) is 16.7. The molecule has 0 radical (unpaired) electrons. The minimum Gasteiger partial charge on any atom is -0.352 e. The summed E-state index contributed by atoms with van der Waals surface area (Å²) in [6.45, 7) is 14.6. The normalized spacial score (nSPS) is 19.2. The molecule has 1 aromatic carbocycles. The van der Waals surface area contributed by atoms with Gasteiger partial charge in [-0.3, -0.25) is 0 Å². The minimum absolute atomic E-state index is 0.304. The van der Waals surface area contributed by atoms with E-state index in [1.165, 1.54) is 10.9 Å². The summed E-state index contributed by atoms with van der Waals surface area (Å²) in [4.78, 5) is 1.99. The summed E-state index contributed by atoms with van der Waals surface area (Å²) in [7, 11) is 1.36. The Hall–Kier alpha value is -1.10.